The minimum atomic E-state index is -1.00. The van der Waals surface area contributed by atoms with Crippen LogP contribution in [0.25, 0.3) is 0 Å². The summed E-state index contributed by atoms with van der Waals surface area (Å²) < 4.78 is 18.1. The number of nitrogens with zero attached hydrogens (tertiary/aromatic N) is 1. The molecule has 0 fully saturated rings. The number of imide groups is 1. The molecule has 0 radical (unpaired) electrons. The summed E-state index contributed by atoms with van der Waals surface area (Å²) in [6, 6.07) is 9.95. The number of hydrogen-bond donors (Lipinski definition) is 2. The summed E-state index contributed by atoms with van der Waals surface area (Å²) in [5.74, 6) is -2.51. The van der Waals surface area contributed by atoms with E-state index in [-0.39, 0.29) is 16.9 Å². The fraction of sp³-hybridized carbons (Fsp3) is 0.118. The van der Waals surface area contributed by atoms with Crippen molar-refractivity contribution in [1.29, 1.82) is 0 Å². The van der Waals surface area contributed by atoms with Gasteiger partial charge in [-0.05, 0) is 12.1 Å². The number of esters is 1. The minimum absolute atomic E-state index is 0.129. The number of nitro benzene ring substituents is 1. The van der Waals surface area contributed by atoms with Gasteiger partial charge in [-0.2, -0.15) is 0 Å². The lowest BCUT2D eigenvalue weighted by Gasteiger charge is -2.08. The van der Waals surface area contributed by atoms with Gasteiger partial charge in [0.2, 0.25) is 0 Å². The van der Waals surface area contributed by atoms with Crippen molar-refractivity contribution in [3.8, 4) is 0 Å². The highest BCUT2D eigenvalue weighted by Gasteiger charge is 2.17. The average molecular weight is 375 g/mol. The van der Waals surface area contributed by atoms with Crippen molar-refractivity contribution in [1.82, 2.24) is 5.32 Å². The predicted octanol–water partition coefficient (Wildman–Crippen LogP) is 2.17. The van der Waals surface area contributed by atoms with Crippen molar-refractivity contribution in [2.75, 3.05) is 11.9 Å². The first-order chi connectivity index (χ1) is 12.9. The molecule has 2 aromatic carbocycles. The molecule has 0 heterocycles. The largest absolute Gasteiger partial charge is 0.455 e. The molecule has 0 saturated carbocycles. The first-order valence-electron chi connectivity index (χ1n) is 7.60. The number of halogens is 1. The molecule has 2 aromatic rings. The van der Waals surface area contributed by atoms with Crippen molar-refractivity contribution in [2.24, 2.45) is 0 Å². The maximum atomic E-state index is 13.4. The number of amides is 3. The Bertz CT molecular complexity index is 886. The second-order valence-corrected chi connectivity index (χ2v) is 5.21. The summed E-state index contributed by atoms with van der Waals surface area (Å²) in [4.78, 5) is 45.2. The van der Waals surface area contributed by atoms with Crippen molar-refractivity contribution >= 4 is 29.3 Å². The van der Waals surface area contributed by atoms with E-state index in [2.05, 4.69) is 10.1 Å². The molecule has 0 spiro atoms. The zero-order chi connectivity index (χ0) is 19.8. The number of rotatable bonds is 6. The van der Waals surface area contributed by atoms with E-state index in [4.69, 9.17) is 0 Å². The van der Waals surface area contributed by atoms with E-state index in [1.165, 1.54) is 42.5 Å². The SMILES string of the molecule is O=C(COC(=O)Cc1ccccc1[N+](=O)[O-])NC(=O)Nc1ccccc1F. The Labute approximate surface area is 152 Å². The second kappa shape index (κ2) is 9.04. The van der Waals surface area contributed by atoms with Gasteiger partial charge in [-0.3, -0.25) is 25.0 Å². The van der Waals surface area contributed by atoms with E-state index < -0.39 is 41.7 Å². The molecule has 3 amide bonds. The van der Waals surface area contributed by atoms with Crippen LogP contribution < -0.4 is 10.6 Å². The third-order valence-electron chi connectivity index (χ3n) is 3.26. The van der Waals surface area contributed by atoms with Crippen LogP contribution in [0.2, 0.25) is 0 Å². The Hall–Kier alpha value is -3.82. The number of benzene rings is 2. The molecular formula is C17H14FN3O6. The van der Waals surface area contributed by atoms with Gasteiger partial charge < -0.3 is 10.1 Å². The summed E-state index contributed by atoms with van der Waals surface area (Å²) in [5, 5.41) is 14.9. The minimum Gasteiger partial charge on any atom is -0.455 e. The van der Waals surface area contributed by atoms with Gasteiger partial charge in [-0.25, -0.2) is 9.18 Å². The van der Waals surface area contributed by atoms with Crippen LogP contribution in [0.5, 0.6) is 0 Å². The predicted molar refractivity (Wildman–Crippen MR) is 91.3 cm³/mol. The topological polar surface area (TPSA) is 128 Å². The van der Waals surface area contributed by atoms with Crippen LogP contribution in [0.4, 0.5) is 20.6 Å². The van der Waals surface area contributed by atoms with Gasteiger partial charge in [-0.15, -0.1) is 0 Å². The molecule has 0 atom stereocenters. The summed E-state index contributed by atoms with van der Waals surface area (Å²) >= 11 is 0. The molecule has 0 saturated heterocycles. The molecule has 10 heteroatoms. The molecular weight excluding hydrogens is 361 g/mol. The molecule has 0 aliphatic carbocycles. The lowest BCUT2D eigenvalue weighted by atomic mass is 10.1. The Morgan fingerprint density at radius 2 is 1.74 bits per heavy atom. The van der Waals surface area contributed by atoms with Crippen molar-refractivity contribution < 1.29 is 28.4 Å². The summed E-state index contributed by atoms with van der Waals surface area (Å²) in [7, 11) is 0. The smallest absolute Gasteiger partial charge is 0.326 e. The van der Waals surface area contributed by atoms with Gasteiger partial charge in [0.25, 0.3) is 11.6 Å². The number of carbonyl (C=O) groups excluding carboxylic acids is 3. The maximum absolute atomic E-state index is 13.4. The molecule has 0 unspecified atom stereocenters. The molecule has 27 heavy (non-hydrogen) atoms. The fourth-order valence-corrected chi connectivity index (χ4v) is 2.07. The van der Waals surface area contributed by atoms with Crippen LogP contribution in [0, 0.1) is 15.9 Å². The van der Waals surface area contributed by atoms with Crippen LogP contribution >= 0.6 is 0 Å². The number of para-hydroxylation sites is 2. The molecule has 2 N–H and O–H groups in total. The highest BCUT2D eigenvalue weighted by molar-refractivity contribution is 6.01. The highest BCUT2D eigenvalue weighted by atomic mass is 19.1. The van der Waals surface area contributed by atoms with E-state index in [1.807, 2.05) is 5.32 Å². The van der Waals surface area contributed by atoms with Gasteiger partial charge in [0.05, 0.1) is 17.0 Å². The monoisotopic (exact) mass is 375 g/mol. The van der Waals surface area contributed by atoms with Crippen LogP contribution in [-0.2, 0) is 20.7 Å². The first kappa shape index (κ1) is 19.5. The Morgan fingerprint density at radius 3 is 2.44 bits per heavy atom. The summed E-state index contributed by atoms with van der Waals surface area (Å²) in [5.41, 5.74) is -0.246. The van der Waals surface area contributed by atoms with E-state index in [1.54, 1.807) is 0 Å². The third kappa shape index (κ3) is 5.88. The Morgan fingerprint density at radius 1 is 1.07 bits per heavy atom. The van der Waals surface area contributed by atoms with Crippen molar-refractivity contribution in [2.45, 2.75) is 6.42 Å². The lowest BCUT2D eigenvalue weighted by Crippen LogP contribution is -2.37. The van der Waals surface area contributed by atoms with E-state index in [0.29, 0.717) is 0 Å². The number of nitro groups is 1. The number of hydrogen-bond acceptors (Lipinski definition) is 6. The number of urea groups is 1. The van der Waals surface area contributed by atoms with Gasteiger partial charge in [0.1, 0.15) is 5.82 Å². The summed E-state index contributed by atoms with van der Waals surface area (Å²) in [6.45, 7) is -0.774. The lowest BCUT2D eigenvalue weighted by molar-refractivity contribution is -0.385. The van der Waals surface area contributed by atoms with Crippen molar-refractivity contribution in [3.05, 3.63) is 70.0 Å². The van der Waals surface area contributed by atoms with Gasteiger partial charge in [0.15, 0.2) is 6.61 Å². The number of carbonyl (C=O) groups is 3. The zero-order valence-electron chi connectivity index (χ0n) is 13.8. The molecule has 0 aromatic heterocycles. The number of nitrogens with one attached hydrogen (secondary N) is 2. The van der Waals surface area contributed by atoms with Gasteiger partial charge in [0, 0.05) is 11.6 Å². The van der Waals surface area contributed by atoms with Crippen molar-refractivity contribution in [3.63, 3.8) is 0 Å². The third-order valence-corrected chi connectivity index (χ3v) is 3.26. The number of ether oxygens (including phenoxy) is 1. The normalized spacial score (nSPS) is 9.96. The highest BCUT2D eigenvalue weighted by Crippen LogP contribution is 2.18. The second-order valence-electron chi connectivity index (χ2n) is 5.21. The molecule has 9 nitrogen and oxygen atoms in total. The van der Waals surface area contributed by atoms with Gasteiger partial charge >= 0.3 is 12.0 Å². The van der Waals surface area contributed by atoms with Gasteiger partial charge in [-0.1, -0.05) is 30.3 Å². The fourth-order valence-electron chi connectivity index (χ4n) is 2.07. The quantitative estimate of drug-likeness (QED) is 0.452. The van der Waals surface area contributed by atoms with Crippen LogP contribution in [0.1, 0.15) is 5.56 Å². The molecule has 0 aliphatic heterocycles. The van der Waals surface area contributed by atoms with Crippen LogP contribution in [0.15, 0.2) is 48.5 Å². The van der Waals surface area contributed by atoms with E-state index in [0.717, 1.165) is 6.07 Å². The zero-order valence-corrected chi connectivity index (χ0v) is 13.8. The standard InChI is InChI=1S/C17H14FN3O6/c18-12-6-2-3-7-13(12)19-17(24)20-15(22)10-27-16(23)9-11-5-1-4-8-14(11)21(25)26/h1-8H,9-10H2,(H2,19,20,22,24). The van der Waals surface area contributed by atoms with Crippen LogP contribution in [0.3, 0.4) is 0 Å². The molecule has 0 bridgehead atoms. The molecule has 0 aliphatic rings. The Balaban J connectivity index is 1.81. The first-order valence-corrected chi connectivity index (χ1v) is 7.60. The van der Waals surface area contributed by atoms with Crippen LogP contribution in [-0.4, -0.2) is 29.4 Å². The summed E-state index contributed by atoms with van der Waals surface area (Å²) in [6.07, 6.45) is -0.411. The number of anilines is 1. The molecule has 140 valence electrons. The van der Waals surface area contributed by atoms with E-state index >= 15 is 0 Å². The Kier molecular flexibility index (Phi) is 6.53. The van der Waals surface area contributed by atoms with E-state index in [9.17, 15) is 28.9 Å². The maximum Gasteiger partial charge on any atom is 0.326 e. The average Bonchev–Trinajstić information content (AvgIpc) is 2.62. The molecule has 2 rings (SSSR count).